The Morgan fingerprint density at radius 2 is 1.94 bits per heavy atom. The first-order valence-corrected chi connectivity index (χ1v) is 5.35. The van der Waals surface area contributed by atoms with Crippen LogP contribution in [-0.2, 0) is 0 Å². The lowest BCUT2D eigenvalue weighted by atomic mass is 9.79. The van der Waals surface area contributed by atoms with Gasteiger partial charge in [-0.2, -0.15) is 0 Å². The van der Waals surface area contributed by atoms with Crippen molar-refractivity contribution in [2.45, 2.75) is 13.8 Å². The van der Waals surface area contributed by atoms with Gasteiger partial charge in [0.05, 0.1) is 0 Å². The Morgan fingerprint density at radius 3 is 2.44 bits per heavy atom. The molecule has 0 aliphatic carbocycles. The van der Waals surface area contributed by atoms with Gasteiger partial charge in [0.1, 0.15) is 0 Å². The zero-order valence-corrected chi connectivity index (χ0v) is 9.55. The minimum absolute atomic E-state index is 0.0903. The first-order valence-electron chi connectivity index (χ1n) is 5.35. The van der Waals surface area contributed by atoms with E-state index in [0.29, 0.717) is 24.1 Å². The average molecular weight is 221 g/mol. The lowest BCUT2D eigenvalue weighted by molar-refractivity contribution is 0.0773. The molecule has 0 aromatic heterocycles. The molecule has 0 bridgehead atoms. The lowest BCUT2D eigenvalue weighted by Gasteiger charge is -2.18. The number of nitrogens with zero attached hydrogens (tertiary/aromatic N) is 1. The molecular formula is C11H16BNO3. The molecule has 0 heterocycles. The maximum atomic E-state index is 11.9. The molecule has 0 atom stereocenters. The van der Waals surface area contributed by atoms with Crippen LogP contribution in [0.3, 0.4) is 0 Å². The molecule has 0 unspecified atom stereocenters. The highest BCUT2D eigenvalue weighted by atomic mass is 16.4. The molecule has 0 aliphatic rings. The Bertz CT molecular complexity index is 364. The SMILES string of the molecule is CCN(CC)C(=O)c1cccc(B(O)O)c1. The monoisotopic (exact) mass is 221 g/mol. The molecule has 0 aliphatic heterocycles. The number of carbonyl (C=O) groups excluding carboxylic acids is 1. The molecule has 0 spiro atoms. The lowest BCUT2D eigenvalue weighted by Crippen LogP contribution is -2.34. The largest absolute Gasteiger partial charge is 0.488 e. The number of amides is 1. The molecule has 4 nitrogen and oxygen atoms in total. The van der Waals surface area contributed by atoms with Gasteiger partial charge in [-0.15, -0.1) is 0 Å². The van der Waals surface area contributed by atoms with Crippen LogP contribution in [-0.4, -0.2) is 41.1 Å². The van der Waals surface area contributed by atoms with Crippen LogP contribution in [0.2, 0.25) is 0 Å². The molecule has 0 saturated heterocycles. The summed E-state index contributed by atoms with van der Waals surface area (Å²) in [7, 11) is -1.54. The van der Waals surface area contributed by atoms with Gasteiger partial charge in [0.2, 0.25) is 0 Å². The second-order valence-corrected chi connectivity index (χ2v) is 3.48. The molecule has 0 saturated carbocycles. The molecule has 1 aromatic rings. The van der Waals surface area contributed by atoms with Crippen molar-refractivity contribution in [1.29, 1.82) is 0 Å². The third-order valence-electron chi connectivity index (χ3n) is 2.48. The van der Waals surface area contributed by atoms with E-state index in [1.807, 2.05) is 13.8 Å². The van der Waals surface area contributed by atoms with Gasteiger partial charge in [0, 0.05) is 18.7 Å². The predicted octanol–water partition coefficient (Wildman–Crippen LogP) is -0.152. The van der Waals surface area contributed by atoms with Crippen LogP contribution in [0.4, 0.5) is 0 Å². The van der Waals surface area contributed by atoms with Crippen molar-refractivity contribution in [1.82, 2.24) is 4.90 Å². The smallest absolute Gasteiger partial charge is 0.423 e. The van der Waals surface area contributed by atoms with E-state index in [0.717, 1.165) is 0 Å². The van der Waals surface area contributed by atoms with Gasteiger partial charge < -0.3 is 14.9 Å². The fourth-order valence-electron chi connectivity index (χ4n) is 1.53. The summed E-state index contributed by atoms with van der Waals surface area (Å²) in [5.41, 5.74) is 0.812. The third-order valence-corrected chi connectivity index (χ3v) is 2.48. The summed E-state index contributed by atoms with van der Waals surface area (Å²) in [6.07, 6.45) is 0. The molecule has 1 rings (SSSR count). The third kappa shape index (κ3) is 2.84. The Labute approximate surface area is 95.7 Å². The summed E-state index contributed by atoms with van der Waals surface area (Å²) in [4.78, 5) is 13.6. The molecule has 2 N–H and O–H groups in total. The van der Waals surface area contributed by atoms with E-state index in [4.69, 9.17) is 10.0 Å². The summed E-state index contributed by atoms with van der Waals surface area (Å²) in [5.74, 6) is -0.0903. The van der Waals surface area contributed by atoms with Gasteiger partial charge in [-0.25, -0.2) is 0 Å². The summed E-state index contributed by atoms with van der Waals surface area (Å²) in [6.45, 7) is 5.10. The maximum Gasteiger partial charge on any atom is 0.488 e. The van der Waals surface area contributed by atoms with E-state index in [-0.39, 0.29) is 5.91 Å². The van der Waals surface area contributed by atoms with Gasteiger partial charge >= 0.3 is 7.12 Å². The van der Waals surface area contributed by atoms with Crippen molar-refractivity contribution < 1.29 is 14.8 Å². The van der Waals surface area contributed by atoms with Gasteiger partial charge in [-0.3, -0.25) is 4.79 Å². The predicted molar refractivity (Wildman–Crippen MR) is 63.5 cm³/mol. The van der Waals surface area contributed by atoms with Crippen LogP contribution >= 0.6 is 0 Å². The molecule has 5 heteroatoms. The fourth-order valence-corrected chi connectivity index (χ4v) is 1.53. The fraction of sp³-hybridized carbons (Fsp3) is 0.364. The Balaban J connectivity index is 2.95. The van der Waals surface area contributed by atoms with E-state index < -0.39 is 7.12 Å². The van der Waals surface area contributed by atoms with Crippen molar-refractivity contribution in [3.8, 4) is 0 Å². The summed E-state index contributed by atoms with van der Waals surface area (Å²) < 4.78 is 0. The Morgan fingerprint density at radius 1 is 1.31 bits per heavy atom. The number of hydrogen-bond donors (Lipinski definition) is 2. The van der Waals surface area contributed by atoms with Crippen molar-refractivity contribution >= 4 is 18.5 Å². The minimum Gasteiger partial charge on any atom is -0.423 e. The molecule has 0 fully saturated rings. The highest BCUT2D eigenvalue weighted by molar-refractivity contribution is 6.58. The molecule has 1 amide bonds. The molecule has 0 radical (unpaired) electrons. The molecular weight excluding hydrogens is 205 g/mol. The first kappa shape index (κ1) is 12.7. The van der Waals surface area contributed by atoms with E-state index in [2.05, 4.69) is 0 Å². The van der Waals surface area contributed by atoms with Crippen molar-refractivity contribution in [2.75, 3.05) is 13.1 Å². The average Bonchev–Trinajstić information content (AvgIpc) is 2.30. The van der Waals surface area contributed by atoms with Gasteiger partial charge in [-0.1, -0.05) is 12.1 Å². The van der Waals surface area contributed by atoms with E-state index in [9.17, 15) is 4.79 Å². The van der Waals surface area contributed by atoms with Crippen molar-refractivity contribution in [2.24, 2.45) is 0 Å². The topological polar surface area (TPSA) is 60.8 Å². The van der Waals surface area contributed by atoms with Crippen molar-refractivity contribution in [3.63, 3.8) is 0 Å². The number of benzene rings is 1. The maximum absolute atomic E-state index is 11.9. The second kappa shape index (κ2) is 5.68. The van der Waals surface area contributed by atoms with Crippen LogP contribution in [0.1, 0.15) is 24.2 Å². The van der Waals surface area contributed by atoms with Crippen molar-refractivity contribution in [3.05, 3.63) is 29.8 Å². The van der Waals surface area contributed by atoms with Gasteiger partial charge in [0.15, 0.2) is 0 Å². The quantitative estimate of drug-likeness (QED) is 0.695. The van der Waals surface area contributed by atoms with E-state index in [1.165, 1.54) is 6.07 Å². The normalized spacial score (nSPS) is 10.0. The first-order chi connectivity index (χ1) is 7.60. The Hall–Kier alpha value is -1.33. The standard InChI is InChI=1S/C11H16BNO3/c1-3-13(4-2)11(14)9-6-5-7-10(8-9)12(15)16/h5-8,15-16H,3-4H2,1-2H3. The number of hydrogen-bond acceptors (Lipinski definition) is 3. The van der Waals surface area contributed by atoms with Crippen LogP contribution in [0.5, 0.6) is 0 Å². The van der Waals surface area contributed by atoms with Crippen LogP contribution < -0.4 is 5.46 Å². The number of carbonyl (C=O) groups is 1. The molecule has 1 aromatic carbocycles. The highest BCUT2D eigenvalue weighted by Gasteiger charge is 2.16. The minimum atomic E-state index is -1.54. The Kier molecular flexibility index (Phi) is 4.52. The summed E-state index contributed by atoms with van der Waals surface area (Å²) in [5, 5.41) is 18.0. The van der Waals surface area contributed by atoms with E-state index >= 15 is 0 Å². The molecule has 16 heavy (non-hydrogen) atoms. The zero-order chi connectivity index (χ0) is 12.1. The van der Waals surface area contributed by atoms with Crippen LogP contribution in [0.15, 0.2) is 24.3 Å². The molecule has 86 valence electrons. The second-order valence-electron chi connectivity index (χ2n) is 3.48. The summed E-state index contributed by atoms with van der Waals surface area (Å²) >= 11 is 0. The number of rotatable bonds is 4. The van der Waals surface area contributed by atoms with Crippen LogP contribution in [0, 0.1) is 0 Å². The van der Waals surface area contributed by atoms with Crippen LogP contribution in [0.25, 0.3) is 0 Å². The van der Waals surface area contributed by atoms with Gasteiger partial charge in [0.25, 0.3) is 5.91 Å². The summed E-state index contributed by atoms with van der Waals surface area (Å²) in [6, 6.07) is 6.40. The highest BCUT2D eigenvalue weighted by Crippen LogP contribution is 2.03. The van der Waals surface area contributed by atoms with E-state index in [1.54, 1.807) is 23.1 Å². The van der Waals surface area contributed by atoms with Gasteiger partial charge in [-0.05, 0) is 31.4 Å². The zero-order valence-electron chi connectivity index (χ0n) is 9.55.